The number of piperidine rings is 1. The Morgan fingerprint density at radius 1 is 1.00 bits per heavy atom. The van der Waals surface area contributed by atoms with E-state index in [1.165, 1.54) is 24.0 Å². The average Bonchev–Trinajstić information content (AvgIpc) is 3.66. The summed E-state index contributed by atoms with van der Waals surface area (Å²) in [6.45, 7) is 12.4. The van der Waals surface area contributed by atoms with Crippen LogP contribution in [-0.4, -0.2) is 95.2 Å². The summed E-state index contributed by atoms with van der Waals surface area (Å²) in [4.78, 5) is 29.4. The summed E-state index contributed by atoms with van der Waals surface area (Å²) in [6, 6.07) is 10.6. The largest absolute Gasteiger partial charge is 0.460 e. The summed E-state index contributed by atoms with van der Waals surface area (Å²) in [6.07, 6.45) is 8.49. The number of aromatic nitrogens is 2. The molecule has 1 amide bonds. The number of nitrogens with zero attached hydrogens (tertiary/aromatic N) is 4. The minimum Gasteiger partial charge on any atom is -0.460 e. The Balaban J connectivity index is 0.986. The van der Waals surface area contributed by atoms with Crippen LogP contribution in [0.3, 0.4) is 0 Å². The molecule has 2 aliphatic heterocycles. The molecule has 1 aromatic heterocycles. The van der Waals surface area contributed by atoms with Crippen LogP contribution in [-0.2, 0) is 38.4 Å². The lowest BCUT2D eigenvalue weighted by Crippen LogP contribution is -2.58. The van der Waals surface area contributed by atoms with Crippen LogP contribution in [0.4, 0.5) is 0 Å². The van der Waals surface area contributed by atoms with Crippen LogP contribution in [0.1, 0.15) is 74.5 Å². The normalized spacial score (nSPS) is 19.3. The van der Waals surface area contributed by atoms with Crippen molar-refractivity contribution in [2.75, 3.05) is 52.5 Å². The highest BCUT2D eigenvalue weighted by atomic mass is 16.6. The lowest BCUT2D eigenvalue weighted by Gasteiger charge is -2.47. The first-order chi connectivity index (χ1) is 20.2. The van der Waals surface area contributed by atoms with Crippen LogP contribution in [0.2, 0.25) is 0 Å². The summed E-state index contributed by atoms with van der Waals surface area (Å²) in [5.74, 6) is 0.547. The Bertz CT molecular complexity index is 1180. The topological polar surface area (TPSA) is 86.1 Å². The lowest BCUT2D eigenvalue weighted by molar-refractivity contribution is -0.156. The van der Waals surface area contributed by atoms with Crippen molar-refractivity contribution in [3.8, 4) is 0 Å². The number of ether oxygens (including phenoxy) is 3. The van der Waals surface area contributed by atoms with E-state index in [1.54, 1.807) is 0 Å². The number of benzene rings is 1. The van der Waals surface area contributed by atoms with Crippen LogP contribution >= 0.6 is 0 Å². The second-order valence-corrected chi connectivity index (χ2v) is 13.2. The Kier molecular flexibility index (Phi) is 10.0. The zero-order valence-electron chi connectivity index (χ0n) is 25.7. The molecule has 5 rings (SSSR count). The predicted molar refractivity (Wildman–Crippen MR) is 160 cm³/mol. The van der Waals surface area contributed by atoms with Crippen LogP contribution < -0.4 is 0 Å². The van der Waals surface area contributed by atoms with E-state index in [0.717, 1.165) is 57.8 Å². The van der Waals surface area contributed by atoms with Gasteiger partial charge in [0.2, 0.25) is 0 Å². The van der Waals surface area contributed by atoms with E-state index in [-0.39, 0.29) is 23.9 Å². The number of carbonyl (C=O) groups excluding carboxylic acids is 2. The smallest absolute Gasteiger partial charge is 0.308 e. The van der Waals surface area contributed by atoms with Gasteiger partial charge >= 0.3 is 5.97 Å². The van der Waals surface area contributed by atoms with Crippen molar-refractivity contribution in [2.45, 2.75) is 83.5 Å². The molecule has 3 fully saturated rings. The monoisotopic (exact) mass is 580 g/mol. The molecule has 0 radical (unpaired) electrons. The number of hydrogen-bond donors (Lipinski definition) is 0. The molecule has 1 aromatic carbocycles. The van der Waals surface area contributed by atoms with Gasteiger partial charge < -0.3 is 24.0 Å². The van der Waals surface area contributed by atoms with Gasteiger partial charge in [-0.3, -0.25) is 14.3 Å². The molecule has 1 spiro atoms. The van der Waals surface area contributed by atoms with Crippen LogP contribution in [0.25, 0.3) is 0 Å². The molecule has 3 heterocycles. The van der Waals surface area contributed by atoms with E-state index in [1.807, 2.05) is 42.6 Å². The molecule has 230 valence electrons. The van der Waals surface area contributed by atoms with Gasteiger partial charge in [-0.1, -0.05) is 24.3 Å². The first kappa shape index (κ1) is 30.7. The fraction of sp³-hybridized carbons (Fsp3) is 0.667. The van der Waals surface area contributed by atoms with Crippen molar-refractivity contribution in [1.29, 1.82) is 0 Å². The van der Waals surface area contributed by atoms with E-state index < -0.39 is 5.60 Å². The van der Waals surface area contributed by atoms with Crippen molar-refractivity contribution in [3.63, 3.8) is 0 Å². The lowest BCUT2D eigenvalue weighted by atomic mass is 9.89. The number of likely N-dealkylation sites (tertiary alicyclic amines) is 1. The molecule has 0 N–H and O–H groups in total. The Labute approximate surface area is 250 Å². The fourth-order valence-corrected chi connectivity index (χ4v) is 5.81. The van der Waals surface area contributed by atoms with Gasteiger partial charge in [0.15, 0.2) is 0 Å². The fourth-order valence-electron chi connectivity index (χ4n) is 5.81. The molecular formula is C33H48N4O5. The maximum absolute atomic E-state index is 13.2. The zero-order chi connectivity index (χ0) is 29.6. The van der Waals surface area contributed by atoms with Gasteiger partial charge in [0.05, 0.1) is 38.4 Å². The number of esters is 1. The summed E-state index contributed by atoms with van der Waals surface area (Å²) in [7, 11) is 0. The average molecular weight is 581 g/mol. The molecule has 9 nitrogen and oxygen atoms in total. The maximum Gasteiger partial charge on any atom is 0.308 e. The minimum atomic E-state index is -0.455. The number of rotatable bonds is 12. The van der Waals surface area contributed by atoms with Gasteiger partial charge in [0.25, 0.3) is 5.91 Å². The SMILES string of the molecule is CC(C)(C)OC(=O)CCOCCc1ccc(CCN2CCC3(CC2)CN(C(=O)c2ccn(CC4CC4)n2)CCO3)cc1. The zero-order valence-corrected chi connectivity index (χ0v) is 25.7. The first-order valence-electron chi connectivity index (χ1n) is 15.7. The second-order valence-electron chi connectivity index (χ2n) is 13.2. The van der Waals surface area contributed by atoms with Crippen LogP contribution in [0.15, 0.2) is 36.5 Å². The first-order valence-corrected chi connectivity index (χ1v) is 15.7. The number of amides is 1. The van der Waals surface area contributed by atoms with Gasteiger partial charge in [-0.05, 0) is 82.4 Å². The van der Waals surface area contributed by atoms with E-state index in [0.29, 0.717) is 38.6 Å². The maximum atomic E-state index is 13.2. The third kappa shape index (κ3) is 9.12. The molecule has 0 atom stereocenters. The van der Waals surface area contributed by atoms with Crippen LogP contribution in [0, 0.1) is 5.92 Å². The highest BCUT2D eigenvalue weighted by molar-refractivity contribution is 5.92. The van der Waals surface area contributed by atoms with Gasteiger partial charge in [0.1, 0.15) is 11.3 Å². The quantitative estimate of drug-likeness (QED) is 0.276. The molecule has 1 saturated carbocycles. The molecule has 2 aromatic rings. The third-order valence-electron chi connectivity index (χ3n) is 8.45. The Morgan fingerprint density at radius 3 is 2.40 bits per heavy atom. The summed E-state index contributed by atoms with van der Waals surface area (Å²) >= 11 is 0. The van der Waals surface area contributed by atoms with E-state index in [4.69, 9.17) is 14.2 Å². The molecule has 2 saturated heterocycles. The summed E-state index contributed by atoms with van der Waals surface area (Å²) in [5.41, 5.74) is 2.43. The Hall–Kier alpha value is -2.75. The molecule has 9 heteroatoms. The molecule has 0 unspecified atom stereocenters. The summed E-state index contributed by atoms with van der Waals surface area (Å²) < 4.78 is 19.2. The molecule has 1 aliphatic carbocycles. The third-order valence-corrected chi connectivity index (χ3v) is 8.45. The van der Waals surface area contributed by atoms with Gasteiger partial charge in [0, 0.05) is 38.9 Å². The Morgan fingerprint density at radius 2 is 1.71 bits per heavy atom. The van der Waals surface area contributed by atoms with Crippen molar-refractivity contribution < 1.29 is 23.8 Å². The molecule has 42 heavy (non-hydrogen) atoms. The number of hydrogen-bond acceptors (Lipinski definition) is 7. The second kappa shape index (κ2) is 13.7. The van der Waals surface area contributed by atoms with Gasteiger partial charge in [-0.2, -0.15) is 5.10 Å². The highest BCUT2D eigenvalue weighted by Gasteiger charge is 2.41. The standard InChI is InChI=1S/C33H48N4O5/c1-32(2,3)42-30(38)13-22-40-21-12-27-6-4-26(5-7-27)10-16-35-18-14-33(15-19-35)25-36(20-23-41-33)31(39)29-11-17-37(34-29)24-28-8-9-28/h4-7,11,17,28H,8-10,12-16,18-25H2,1-3H3. The molecule has 0 bridgehead atoms. The predicted octanol–water partition coefficient (Wildman–Crippen LogP) is 4.13. The van der Waals surface area contributed by atoms with Crippen molar-refractivity contribution in [1.82, 2.24) is 19.6 Å². The van der Waals surface area contributed by atoms with E-state index in [2.05, 4.69) is 34.3 Å². The van der Waals surface area contributed by atoms with E-state index in [9.17, 15) is 9.59 Å². The van der Waals surface area contributed by atoms with Crippen molar-refractivity contribution in [3.05, 3.63) is 53.3 Å². The van der Waals surface area contributed by atoms with Crippen molar-refractivity contribution in [2.24, 2.45) is 5.92 Å². The minimum absolute atomic E-state index is 0.0328. The van der Waals surface area contributed by atoms with Crippen molar-refractivity contribution >= 4 is 11.9 Å². The van der Waals surface area contributed by atoms with Gasteiger partial charge in [-0.25, -0.2) is 0 Å². The highest BCUT2D eigenvalue weighted by Crippen LogP contribution is 2.32. The molecule has 3 aliphatic rings. The molecular weight excluding hydrogens is 532 g/mol. The van der Waals surface area contributed by atoms with Gasteiger partial charge in [-0.15, -0.1) is 0 Å². The summed E-state index contributed by atoms with van der Waals surface area (Å²) in [5, 5.41) is 4.56. The van der Waals surface area contributed by atoms with Crippen LogP contribution in [0.5, 0.6) is 0 Å². The number of carbonyl (C=O) groups is 2. The number of morpholine rings is 1. The van der Waals surface area contributed by atoms with E-state index >= 15 is 0 Å².